The standard InChI is InChI=1S/C15H24ClN3O/c1-4-12(3)19-15(17)18-8-5-9-20-14-7-6-13(16)10-11(14)2/h6-7,10,12H,4-5,8-9H2,1-3H3,(H3,17,18,19). The molecule has 1 aromatic rings. The van der Waals surface area contributed by atoms with E-state index in [4.69, 9.17) is 22.1 Å². The van der Waals surface area contributed by atoms with Crippen molar-refractivity contribution in [2.45, 2.75) is 39.7 Å². The maximum Gasteiger partial charge on any atom is 0.188 e. The molecule has 5 heteroatoms. The summed E-state index contributed by atoms with van der Waals surface area (Å²) in [7, 11) is 0. The van der Waals surface area contributed by atoms with Gasteiger partial charge in [-0.05, 0) is 44.0 Å². The van der Waals surface area contributed by atoms with Crippen LogP contribution in [0.5, 0.6) is 5.75 Å². The minimum atomic E-state index is 0.353. The molecule has 0 spiro atoms. The summed E-state index contributed by atoms with van der Waals surface area (Å²) < 4.78 is 5.69. The first-order valence-electron chi connectivity index (χ1n) is 6.98. The Morgan fingerprint density at radius 1 is 1.50 bits per heavy atom. The van der Waals surface area contributed by atoms with Crippen LogP contribution in [0.4, 0.5) is 0 Å². The molecule has 0 saturated carbocycles. The van der Waals surface area contributed by atoms with Gasteiger partial charge in [0.2, 0.25) is 0 Å². The molecule has 1 unspecified atom stereocenters. The lowest BCUT2D eigenvalue weighted by Crippen LogP contribution is -2.38. The van der Waals surface area contributed by atoms with Crippen molar-refractivity contribution in [1.29, 1.82) is 0 Å². The van der Waals surface area contributed by atoms with Crippen molar-refractivity contribution in [2.75, 3.05) is 13.2 Å². The minimum Gasteiger partial charge on any atom is -0.493 e. The first-order valence-corrected chi connectivity index (χ1v) is 7.36. The Hall–Kier alpha value is -1.42. The van der Waals surface area contributed by atoms with Crippen LogP contribution in [-0.4, -0.2) is 25.2 Å². The Morgan fingerprint density at radius 2 is 2.25 bits per heavy atom. The second-order valence-corrected chi connectivity index (χ2v) is 5.27. The van der Waals surface area contributed by atoms with E-state index in [1.54, 1.807) is 0 Å². The van der Waals surface area contributed by atoms with E-state index in [1.807, 2.05) is 25.1 Å². The van der Waals surface area contributed by atoms with Gasteiger partial charge in [-0.2, -0.15) is 0 Å². The largest absolute Gasteiger partial charge is 0.493 e. The molecule has 0 bridgehead atoms. The maximum atomic E-state index is 5.89. The van der Waals surface area contributed by atoms with Gasteiger partial charge in [0.25, 0.3) is 0 Å². The quantitative estimate of drug-likeness (QED) is 0.462. The maximum absolute atomic E-state index is 5.89. The van der Waals surface area contributed by atoms with E-state index in [9.17, 15) is 0 Å². The smallest absolute Gasteiger partial charge is 0.188 e. The van der Waals surface area contributed by atoms with Crippen molar-refractivity contribution >= 4 is 17.6 Å². The van der Waals surface area contributed by atoms with Crippen LogP contribution in [0, 0.1) is 6.92 Å². The van der Waals surface area contributed by atoms with E-state index >= 15 is 0 Å². The lowest BCUT2D eigenvalue weighted by molar-refractivity contribution is 0.311. The van der Waals surface area contributed by atoms with Gasteiger partial charge in [0, 0.05) is 24.0 Å². The summed E-state index contributed by atoms with van der Waals surface area (Å²) in [5, 5.41) is 3.85. The molecular formula is C15H24ClN3O. The number of halogens is 1. The van der Waals surface area contributed by atoms with E-state index in [0.717, 1.165) is 29.2 Å². The third kappa shape index (κ3) is 6.15. The molecule has 0 aliphatic heterocycles. The molecule has 0 heterocycles. The summed E-state index contributed by atoms with van der Waals surface area (Å²) in [5.74, 6) is 1.37. The minimum absolute atomic E-state index is 0.353. The van der Waals surface area contributed by atoms with Crippen molar-refractivity contribution in [3.8, 4) is 5.75 Å². The Bertz CT molecular complexity index is 449. The van der Waals surface area contributed by atoms with Crippen molar-refractivity contribution in [3.05, 3.63) is 28.8 Å². The zero-order chi connectivity index (χ0) is 15.0. The van der Waals surface area contributed by atoms with E-state index in [1.165, 1.54) is 0 Å². The normalized spacial score (nSPS) is 13.1. The zero-order valence-corrected chi connectivity index (χ0v) is 13.2. The molecule has 20 heavy (non-hydrogen) atoms. The number of nitrogens with one attached hydrogen (secondary N) is 1. The van der Waals surface area contributed by atoms with Crippen molar-refractivity contribution in [1.82, 2.24) is 5.32 Å². The summed E-state index contributed by atoms with van der Waals surface area (Å²) in [5.41, 5.74) is 6.81. The summed E-state index contributed by atoms with van der Waals surface area (Å²) in [6.45, 7) is 7.43. The fraction of sp³-hybridized carbons (Fsp3) is 0.533. The summed E-state index contributed by atoms with van der Waals surface area (Å²) >= 11 is 5.89. The van der Waals surface area contributed by atoms with Crippen LogP contribution in [0.1, 0.15) is 32.3 Å². The van der Waals surface area contributed by atoms with Crippen LogP contribution in [-0.2, 0) is 0 Å². The van der Waals surface area contributed by atoms with Gasteiger partial charge < -0.3 is 15.8 Å². The number of hydrogen-bond donors (Lipinski definition) is 2. The summed E-state index contributed by atoms with van der Waals surface area (Å²) in [4.78, 5) is 4.26. The number of aryl methyl sites for hydroxylation is 1. The molecule has 1 atom stereocenters. The lowest BCUT2D eigenvalue weighted by atomic mass is 10.2. The zero-order valence-electron chi connectivity index (χ0n) is 12.4. The van der Waals surface area contributed by atoms with Crippen LogP contribution < -0.4 is 15.8 Å². The third-order valence-electron chi connectivity index (χ3n) is 2.99. The van der Waals surface area contributed by atoms with Crippen LogP contribution in [0.25, 0.3) is 0 Å². The van der Waals surface area contributed by atoms with Crippen LogP contribution in [0.3, 0.4) is 0 Å². The second kappa shape index (κ2) is 8.69. The Balaban J connectivity index is 2.26. The highest BCUT2D eigenvalue weighted by molar-refractivity contribution is 6.30. The molecule has 0 saturated heterocycles. The topological polar surface area (TPSA) is 59.6 Å². The monoisotopic (exact) mass is 297 g/mol. The lowest BCUT2D eigenvalue weighted by Gasteiger charge is -2.12. The Kier molecular flexibility index (Phi) is 7.23. The molecule has 1 rings (SSSR count). The van der Waals surface area contributed by atoms with Gasteiger partial charge in [0.15, 0.2) is 5.96 Å². The highest BCUT2D eigenvalue weighted by Gasteiger charge is 2.01. The van der Waals surface area contributed by atoms with Gasteiger partial charge in [0.1, 0.15) is 5.75 Å². The third-order valence-corrected chi connectivity index (χ3v) is 3.22. The molecule has 0 fully saturated rings. The average Bonchev–Trinajstić information content (AvgIpc) is 2.40. The van der Waals surface area contributed by atoms with Crippen LogP contribution in [0.2, 0.25) is 5.02 Å². The highest BCUT2D eigenvalue weighted by Crippen LogP contribution is 2.21. The fourth-order valence-corrected chi connectivity index (χ4v) is 1.85. The Labute approximate surface area is 126 Å². The Morgan fingerprint density at radius 3 is 2.90 bits per heavy atom. The highest BCUT2D eigenvalue weighted by atomic mass is 35.5. The molecule has 0 aromatic heterocycles. The van der Waals surface area contributed by atoms with E-state index < -0.39 is 0 Å². The number of nitrogens with zero attached hydrogens (tertiary/aromatic N) is 1. The predicted octanol–water partition coefficient (Wildman–Crippen LogP) is 3.12. The number of benzene rings is 1. The number of nitrogens with two attached hydrogens (primary N) is 1. The molecule has 112 valence electrons. The van der Waals surface area contributed by atoms with E-state index in [-0.39, 0.29) is 0 Å². The van der Waals surface area contributed by atoms with Crippen LogP contribution in [0.15, 0.2) is 23.2 Å². The molecular weight excluding hydrogens is 274 g/mol. The van der Waals surface area contributed by atoms with E-state index in [0.29, 0.717) is 25.2 Å². The molecule has 1 aromatic carbocycles. The van der Waals surface area contributed by atoms with Gasteiger partial charge in [-0.3, -0.25) is 4.99 Å². The van der Waals surface area contributed by atoms with Gasteiger partial charge in [-0.15, -0.1) is 0 Å². The fourth-order valence-electron chi connectivity index (χ4n) is 1.62. The molecule has 3 N–H and O–H groups in total. The molecule has 0 aliphatic rings. The molecule has 0 aliphatic carbocycles. The number of hydrogen-bond acceptors (Lipinski definition) is 2. The van der Waals surface area contributed by atoms with Crippen molar-refractivity contribution in [2.24, 2.45) is 10.7 Å². The molecule has 0 amide bonds. The van der Waals surface area contributed by atoms with Crippen molar-refractivity contribution in [3.63, 3.8) is 0 Å². The first kappa shape index (κ1) is 16.6. The summed E-state index contributed by atoms with van der Waals surface area (Å²) in [6, 6.07) is 5.96. The SMILES string of the molecule is CCC(C)NC(N)=NCCCOc1ccc(Cl)cc1C. The van der Waals surface area contributed by atoms with E-state index in [2.05, 4.69) is 24.2 Å². The number of ether oxygens (including phenoxy) is 1. The number of rotatable bonds is 7. The number of aliphatic imine (C=N–C) groups is 1. The second-order valence-electron chi connectivity index (χ2n) is 4.83. The molecule has 0 radical (unpaired) electrons. The predicted molar refractivity (Wildman–Crippen MR) is 85.7 cm³/mol. The first-order chi connectivity index (χ1) is 9.52. The van der Waals surface area contributed by atoms with Gasteiger partial charge >= 0.3 is 0 Å². The molecule has 4 nitrogen and oxygen atoms in total. The van der Waals surface area contributed by atoms with Gasteiger partial charge in [0.05, 0.1) is 6.61 Å². The summed E-state index contributed by atoms with van der Waals surface area (Å²) in [6.07, 6.45) is 1.85. The average molecular weight is 298 g/mol. The van der Waals surface area contributed by atoms with Crippen LogP contribution >= 0.6 is 11.6 Å². The van der Waals surface area contributed by atoms with Gasteiger partial charge in [-0.25, -0.2) is 0 Å². The van der Waals surface area contributed by atoms with Gasteiger partial charge in [-0.1, -0.05) is 18.5 Å². The van der Waals surface area contributed by atoms with Crippen molar-refractivity contribution < 1.29 is 4.74 Å². The number of guanidine groups is 1.